The summed E-state index contributed by atoms with van der Waals surface area (Å²) in [6.07, 6.45) is 6.00. The minimum absolute atomic E-state index is 0.205. The van der Waals surface area contributed by atoms with Crippen molar-refractivity contribution in [3.05, 3.63) is 47.6 Å². The van der Waals surface area contributed by atoms with E-state index in [0.717, 1.165) is 86.7 Å². The van der Waals surface area contributed by atoms with Crippen LogP contribution in [0, 0.1) is 18.8 Å². The van der Waals surface area contributed by atoms with E-state index in [4.69, 9.17) is 13.8 Å². The van der Waals surface area contributed by atoms with Crippen molar-refractivity contribution in [3.63, 3.8) is 0 Å². The first kappa shape index (κ1) is 30.7. The van der Waals surface area contributed by atoms with E-state index in [9.17, 15) is 9.90 Å². The van der Waals surface area contributed by atoms with E-state index in [1.165, 1.54) is 0 Å². The number of fused-ring (bicyclic) bond motifs is 1. The number of aliphatic hydroxyl groups excluding tert-OH is 1. The predicted molar refractivity (Wildman–Crippen MR) is 171 cm³/mol. The van der Waals surface area contributed by atoms with Crippen molar-refractivity contribution >= 4 is 36.7 Å². The zero-order valence-electron chi connectivity index (χ0n) is 26.2. The normalized spacial score (nSPS) is 20.7. The Labute approximate surface area is 251 Å². The molecule has 0 unspecified atom stereocenters. The monoisotopic (exact) mass is 592 g/mol. The van der Waals surface area contributed by atoms with Crippen LogP contribution in [-0.4, -0.2) is 55.6 Å². The molecule has 1 aliphatic carbocycles. The third-order valence-electron chi connectivity index (χ3n) is 9.79. The van der Waals surface area contributed by atoms with Crippen LogP contribution < -0.4 is 10.2 Å². The lowest BCUT2D eigenvalue weighted by Gasteiger charge is -2.39. The maximum absolute atomic E-state index is 13.3. The molecule has 2 fully saturated rings. The summed E-state index contributed by atoms with van der Waals surface area (Å²) >= 11 is 0. The molecule has 0 spiro atoms. The summed E-state index contributed by atoms with van der Waals surface area (Å²) in [5, 5.41) is 12.9. The van der Waals surface area contributed by atoms with Crippen molar-refractivity contribution in [1.82, 2.24) is 9.97 Å². The highest BCUT2D eigenvalue weighted by Crippen LogP contribution is 2.40. The van der Waals surface area contributed by atoms with Crippen LogP contribution >= 0.6 is 0 Å². The van der Waals surface area contributed by atoms with Crippen LogP contribution in [0.15, 0.2) is 34.7 Å². The molecular weight excluding hydrogens is 544 g/mol. The summed E-state index contributed by atoms with van der Waals surface area (Å²) in [4.78, 5) is 25.0. The van der Waals surface area contributed by atoms with Gasteiger partial charge in [-0.15, -0.1) is 0 Å². The Balaban J connectivity index is 1.37. The molecule has 0 radical (unpaired) electrons. The maximum Gasteiger partial charge on any atom is 0.274 e. The number of hydrogen-bond acceptors (Lipinski definition) is 7. The van der Waals surface area contributed by atoms with E-state index in [1.807, 2.05) is 25.1 Å². The van der Waals surface area contributed by atoms with Gasteiger partial charge >= 0.3 is 0 Å². The number of oxazole rings is 1. The molecule has 1 aromatic carbocycles. The average Bonchev–Trinajstić information content (AvgIpc) is 3.38. The topological polar surface area (TPSA) is 101 Å². The minimum atomic E-state index is -1.78. The third kappa shape index (κ3) is 6.89. The first-order chi connectivity index (χ1) is 19.9. The van der Waals surface area contributed by atoms with Gasteiger partial charge in [-0.25, -0.2) is 9.97 Å². The van der Waals surface area contributed by atoms with E-state index in [1.54, 1.807) is 6.07 Å². The van der Waals surface area contributed by atoms with Crippen LogP contribution in [0.2, 0.25) is 18.1 Å². The molecule has 42 heavy (non-hydrogen) atoms. The van der Waals surface area contributed by atoms with Crippen LogP contribution in [0.5, 0.6) is 0 Å². The number of carbonyl (C=O) groups excluding carboxylic acids is 1. The Morgan fingerprint density at radius 3 is 2.43 bits per heavy atom. The Hall–Kier alpha value is -2.75. The number of nitrogens with one attached hydrogen (secondary N) is 1. The number of amides is 1. The number of carbonyl (C=O) groups is 1. The molecule has 2 aliphatic rings. The summed E-state index contributed by atoms with van der Waals surface area (Å²) in [6.45, 7) is 16.2. The maximum atomic E-state index is 13.3. The van der Waals surface area contributed by atoms with Gasteiger partial charge in [-0.2, -0.15) is 0 Å². The number of aromatic nitrogens is 2. The standard InChI is InChI=1S/C33H48N4O4Si/c1-22-8-7-9-26(34-22)31(39)35-27-19-30-28(36-32(41-30)25-12-10-23(20-38)11-13-25)18-29(27)37-16-14-24(15-17-37)21-40-42(5,6)33(2,3)4/h7-9,18-19,23-25,38H,10-17,20-21H2,1-6H3,(H,35,39)/t23-,25-. The number of nitrogens with zero attached hydrogens (tertiary/aromatic N) is 3. The second-order valence-electron chi connectivity index (χ2n) is 13.9. The molecule has 228 valence electrons. The van der Waals surface area contributed by atoms with E-state index in [0.29, 0.717) is 23.1 Å². The molecular formula is C33H48N4O4Si. The fraction of sp³-hybridized carbons (Fsp3) is 0.606. The number of anilines is 2. The smallest absolute Gasteiger partial charge is 0.274 e. The highest BCUT2D eigenvalue weighted by molar-refractivity contribution is 6.74. The van der Waals surface area contributed by atoms with Gasteiger partial charge in [-0.1, -0.05) is 26.8 Å². The van der Waals surface area contributed by atoms with Crippen LogP contribution in [0.3, 0.4) is 0 Å². The van der Waals surface area contributed by atoms with Crippen LogP contribution in [-0.2, 0) is 4.43 Å². The van der Waals surface area contributed by atoms with Crippen molar-refractivity contribution in [3.8, 4) is 0 Å². The largest absolute Gasteiger partial charge is 0.440 e. The minimum Gasteiger partial charge on any atom is -0.440 e. The van der Waals surface area contributed by atoms with Gasteiger partial charge in [0.15, 0.2) is 19.8 Å². The fourth-order valence-corrected chi connectivity index (χ4v) is 6.93. The lowest BCUT2D eigenvalue weighted by molar-refractivity contribution is 0.102. The van der Waals surface area contributed by atoms with Gasteiger partial charge in [0.2, 0.25) is 0 Å². The molecule has 8 nitrogen and oxygen atoms in total. The van der Waals surface area contributed by atoms with Gasteiger partial charge < -0.3 is 24.2 Å². The van der Waals surface area contributed by atoms with Gasteiger partial charge in [0.1, 0.15) is 11.2 Å². The van der Waals surface area contributed by atoms with Crippen molar-refractivity contribution in [2.45, 2.75) is 90.3 Å². The molecule has 5 rings (SSSR count). The van der Waals surface area contributed by atoms with Crippen molar-refractivity contribution < 1.29 is 18.7 Å². The summed E-state index contributed by atoms with van der Waals surface area (Å²) < 4.78 is 12.9. The fourth-order valence-electron chi connectivity index (χ4n) is 5.85. The van der Waals surface area contributed by atoms with Gasteiger partial charge in [0.25, 0.3) is 5.91 Å². The zero-order valence-corrected chi connectivity index (χ0v) is 27.2. The molecule has 9 heteroatoms. The lowest BCUT2D eigenvalue weighted by atomic mass is 9.82. The summed E-state index contributed by atoms with van der Waals surface area (Å²) in [5.41, 5.74) is 4.38. The second kappa shape index (κ2) is 12.5. The molecule has 3 aromatic rings. The van der Waals surface area contributed by atoms with E-state index in [-0.39, 0.29) is 23.5 Å². The van der Waals surface area contributed by atoms with Crippen LogP contribution in [0.4, 0.5) is 11.4 Å². The molecule has 2 aromatic heterocycles. The summed E-state index contributed by atoms with van der Waals surface area (Å²) in [7, 11) is -1.78. The SMILES string of the molecule is Cc1cccc(C(=O)Nc2cc3oc([C@H]4CC[C@H](CO)CC4)nc3cc2N2CCC(CO[Si](C)(C)C(C)(C)C)CC2)n1. The molecule has 0 atom stereocenters. The molecule has 1 saturated carbocycles. The van der Waals surface area contributed by atoms with Crippen molar-refractivity contribution in [1.29, 1.82) is 0 Å². The van der Waals surface area contributed by atoms with Gasteiger partial charge in [0.05, 0.1) is 11.4 Å². The first-order valence-electron chi connectivity index (χ1n) is 15.6. The first-order valence-corrected chi connectivity index (χ1v) is 18.5. The molecule has 2 N–H and O–H groups in total. The number of pyridine rings is 1. The number of benzene rings is 1. The molecule has 1 amide bonds. The lowest BCUT2D eigenvalue weighted by Crippen LogP contribution is -2.43. The molecule has 0 bridgehead atoms. The average molecular weight is 593 g/mol. The number of piperidine rings is 1. The van der Waals surface area contributed by atoms with Gasteiger partial charge in [0, 0.05) is 44.0 Å². The quantitative estimate of drug-likeness (QED) is 0.265. The van der Waals surface area contributed by atoms with Gasteiger partial charge in [-0.3, -0.25) is 4.79 Å². The van der Waals surface area contributed by atoms with E-state index >= 15 is 0 Å². The predicted octanol–water partition coefficient (Wildman–Crippen LogP) is 7.29. The molecule has 3 heterocycles. The number of aryl methyl sites for hydroxylation is 1. The molecule has 1 saturated heterocycles. The highest BCUT2D eigenvalue weighted by atomic mass is 28.4. The Morgan fingerprint density at radius 1 is 1.07 bits per heavy atom. The summed E-state index contributed by atoms with van der Waals surface area (Å²) in [6, 6.07) is 9.49. The van der Waals surface area contributed by atoms with Gasteiger partial charge in [-0.05, 0) is 93.6 Å². The second-order valence-corrected chi connectivity index (χ2v) is 18.7. The Bertz CT molecular complexity index is 1380. The van der Waals surface area contributed by atoms with Crippen molar-refractivity contribution in [2.75, 3.05) is 36.5 Å². The molecule has 1 aliphatic heterocycles. The van der Waals surface area contributed by atoms with E-state index in [2.05, 4.69) is 55.1 Å². The van der Waals surface area contributed by atoms with Crippen molar-refractivity contribution in [2.24, 2.45) is 11.8 Å². The van der Waals surface area contributed by atoms with E-state index < -0.39 is 8.32 Å². The van der Waals surface area contributed by atoms with Crippen LogP contribution in [0.25, 0.3) is 11.1 Å². The Kier molecular flexibility index (Phi) is 9.11. The third-order valence-corrected chi connectivity index (χ3v) is 14.3. The zero-order chi connectivity index (χ0) is 30.1. The summed E-state index contributed by atoms with van der Waals surface area (Å²) in [5.74, 6) is 1.69. The highest BCUT2D eigenvalue weighted by Gasteiger charge is 2.38. The number of aliphatic hydroxyl groups is 1. The van der Waals surface area contributed by atoms with Crippen LogP contribution in [0.1, 0.15) is 87.3 Å². The number of rotatable bonds is 8. The number of hydrogen-bond donors (Lipinski definition) is 2. The Morgan fingerprint density at radius 2 is 1.79 bits per heavy atom.